The van der Waals surface area contributed by atoms with Crippen molar-refractivity contribution >= 4 is 15.9 Å². The molecule has 0 fully saturated rings. The molecular formula is C17H17BrN2O. The highest BCUT2D eigenvalue weighted by Crippen LogP contribution is 2.23. The molecule has 21 heavy (non-hydrogen) atoms. The number of hydrogen-bond acceptors (Lipinski definition) is 3. The van der Waals surface area contributed by atoms with E-state index >= 15 is 0 Å². The number of nitrogens with one attached hydrogen (secondary N) is 1. The van der Waals surface area contributed by atoms with Gasteiger partial charge in [0.05, 0.1) is 11.6 Å². The minimum atomic E-state index is 0.494. The van der Waals surface area contributed by atoms with Gasteiger partial charge in [0, 0.05) is 11.0 Å². The second-order valence-corrected chi connectivity index (χ2v) is 5.49. The lowest BCUT2D eigenvalue weighted by atomic mass is 10.1. The maximum atomic E-state index is 8.77. The minimum absolute atomic E-state index is 0.494. The first-order valence-electron chi connectivity index (χ1n) is 6.84. The van der Waals surface area contributed by atoms with Crippen molar-refractivity contribution in [2.75, 3.05) is 6.54 Å². The van der Waals surface area contributed by atoms with E-state index in [-0.39, 0.29) is 0 Å². The Labute approximate surface area is 133 Å². The Morgan fingerprint density at radius 3 is 2.62 bits per heavy atom. The van der Waals surface area contributed by atoms with Gasteiger partial charge in [0.15, 0.2) is 0 Å². The summed E-state index contributed by atoms with van der Waals surface area (Å²) in [6.45, 7) is 4.32. The summed E-state index contributed by atoms with van der Waals surface area (Å²) in [6.07, 6.45) is 0. The molecule has 0 heterocycles. The fourth-order valence-electron chi connectivity index (χ4n) is 1.88. The van der Waals surface area contributed by atoms with Gasteiger partial charge < -0.3 is 10.1 Å². The first-order valence-corrected chi connectivity index (χ1v) is 7.63. The fraction of sp³-hybridized carbons (Fsp3) is 0.235. The Hall–Kier alpha value is -1.83. The summed E-state index contributed by atoms with van der Waals surface area (Å²) in [6, 6.07) is 15.5. The van der Waals surface area contributed by atoms with Crippen molar-refractivity contribution in [3.05, 3.63) is 63.6 Å². The molecule has 0 spiro atoms. The SMILES string of the molecule is CCNCc1cc(OCc2ccc(C#N)cc2)ccc1Br. The summed E-state index contributed by atoms with van der Waals surface area (Å²) >= 11 is 3.55. The third kappa shape index (κ3) is 4.59. The molecule has 0 bridgehead atoms. The summed E-state index contributed by atoms with van der Waals surface area (Å²) in [7, 11) is 0. The van der Waals surface area contributed by atoms with E-state index in [0.29, 0.717) is 12.2 Å². The summed E-state index contributed by atoms with van der Waals surface area (Å²) in [5, 5.41) is 12.1. The second kappa shape index (κ2) is 7.82. The molecule has 3 nitrogen and oxygen atoms in total. The molecule has 0 atom stereocenters. The normalized spacial score (nSPS) is 10.1. The predicted octanol–water partition coefficient (Wildman–Crippen LogP) is 4.01. The largest absolute Gasteiger partial charge is 0.489 e. The van der Waals surface area contributed by atoms with Crippen LogP contribution >= 0.6 is 15.9 Å². The molecule has 0 unspecified atom stereocenters. The van der Waals surface area contributed by atoms with Gasteiger partial charge >= 0.3 is 0 Å². The molecule has 0 radical (unpaired) electrons. The first-order chi connectivity index (χ1) is 10.2. The summed E-state index contributed by atoms with van der Waals surface area (Å²) in [5.74, 6) is 0.843. The molecule has 0 aliphatic heterocycles. The lowest BCUT2D eigenvalue weighted by Gasteiger charge is -2.10. The topological polar surface area (TPSA) is 45.0 Å². The van der Waals surface area contributed by atoms with Crippen LogP contribution in [0.4, 0.5) is 0 Å². The standard InChI is InChI=1S/C17H17BrN2O/c1-2-20-11-15-9-16(7-8-17(15)18)21-12-14-5-3-13(10-19)4-6-14/h3-9,20H,2,11-12H2,1H3. The average molecular weight is 345 g/mol. The van der Waals surface area contributed by atoms with Crippen LogP contribution in [0.2, 0.25) is 0 Å². The molecular weight excluding hydrogens is 328 g/mol. The van der Waals surface area contributed by atoms with Gasteiger partial charge in [-0.15, -0.1) is 0 Å². The van der Waals surface area contributed by atoms with E-state index in [9.17, 15) is 0 Å². The molecule has 4 heteroatoms. The van der Waals surface area contributed by atoms with E-state index < -0.39 is 0 Å². The number of benzene rings is 2. The lowest BCUT2D eigenvalue weighted by Crippen LogP contribution is -2.12. The Balaban J connectivity index is 2.00. The van der Waals surface area contributed by atoms with Crippen molar-refractivity contribution in [1.82, 2.24) is 5.32 Å². The molecule has 0 saturated carbocycles. The van der Waals surface area contributed by atoms with Crippen molar-refractivity contribution in [3.63, 3.8) is 0 Å². The minimum Gasteiger partial charge on any atom is -0.489 e. The van der Waals surface area contributed by atoms with Gasteiger partial charge in [-0.3, -0.25) is 0 Å². The highest BCUT2D eigenvalue weighted by atomic mass is 79.9. The van der Waals surface area contributed by atoms with E-state index in [4.69, 9.17) is 10.00 Å². The monoisotopic (exact) mass is 344 g/mol. The lowest BCUT2D eigenvalue weighted by molar-refractivity contribution is 0.306. The highest BCUT2D eigenvalue weighted by molar-refractivity contribution is 9.10. The molecule has 2 rings (SSSR count). The first kappa shape index (κ1) is 15.6. The Bertz CT molecular complexity index is 632. The van der Waals surface area contributed by atoms with Gasteiger partial charge in [-0.1, -0.05) is 35.0 Å². The van der Waals surface area contributed by atoms with Crippen molar-refractivity contribution in [3.8, 4) is 11.8 Å². The Morgan fingerprint density at radius 2 is 1.95 bits per heavy atom. The number of hydrogen-bond donors (Lipinski definition) is 1. The van der Waals surface area contributed by atoms with Crippen LogP contribution in [0.15, 0.2) is 46.9 Å². The Kier molecular flexibility index (Phi) is 5.79. The average Bonchev–Trinajstić information content (AvgIpc) is 2.53. The van der Waals surface area contributed by atoms with Crippen LogP contribution < -0.4 is 10.1 Å². The molecule has 0 aliphatic rings. The van der Waals surface area contributed by atoms with E-state index in [1.54, 1.807) is 12.1 Å². The summed E-state index contributed by atoms with van der Waals surface area (Å²) in [5.41, 5.74) is 2.88. The third-order valence-electron chi connectivity index (χ3n) is 3.07. The summed E-state index contributed by atoms with van der Waals surface area (Å²) < 4.78 is 6.89. The van der Waals surface area contributed by atoms with E-state index in [0.717, 1.165) is 28.9 Å². The molecule has 0 saturated heterocycles. The van der Waals surface area contributed by atoms with E-state index in [1.165, 1.54) is 5.56 Å². The zero-order chi connectivity index (χ0) is 15.1. The number of nitriles is 1. The van der Waals surface area contributed by atoms with Crippen molar-refractivity contribution in [2.45, 2.75) is 20.1 Å². The smallest absolute Gasteiger partial charge is 0.120 e. The fourth-order valence-corrected chi connectivity index (χ4v) is 2.27. The third-order valence-corrected chi connectivity index (χ3v) is 3.84. The number of rotatable bonds is 6. The number of halogens is 1. The van der Waals surface area contributed by atoms with Crippen molar-refractivity contribution in [2.24, 2.45) is 0 Å². The van der Waals surface area contributed by atoms with Gasteiger partial charge in [-0.05, 0) is 48.0 Å². The molecule has 2 aromatic rings. The highest BCUT2D eigenvalue weighted by Gasteiger charge is 2.03. The maximum Gasteiger partial charge on any atom is 0.120 e. The predicted molar refractivity (Wildman–Crippen MR) is 87.0 cm³/mol. The van der Waals surface area contributed by atoms with Crippen LogP contribution in [0.5, 0.6) is 5.75 Å². The summed E-state index contributed by atoms with van der Waals surface area (Å²) in [4.78, 5) is 0. The molecule has 0 aliphatic carbocycles. The van der Waals surface area contributed by atoms with E-state index in [2.05, 4.69) is 34.2 Å². The van der Waals surface area contributed by atoms with Gasteiger partial charge in [0.2, 0.25) is 0 Å². The quantitative estimate of drug-likeness (QED) is 0.860. The van der Waals surface area contributed by atoms with E-state index in [1.807, 2.05) is 30.3 Å². The van der Waals surface area contributed by atoms with Gasteiger partial charge in [0.25, 0.3) is 0 Å². The van der Waals surface area contributed by atoms with Crippen LogP contribution in [-0.4, -0.2) is 6.54 Å². The zero-order valence-electron chi connectivity index (χ0n) is 11.9. The van der Waals surface area contributed by atoms with Crippen molar-refractivity contribution in [1.29, 1.82) is 5.26 Å². The molecule has 0 aromatic heterocycles. The molecule has 1 N–H and O–H groups in total. The van der Waals surface area contributed by atoms with Crippen LogP contribution in [-0.2, 0) is 13.2 Å². The molecule has 0 amide bonds. The van der Waals surface area contributed by atoms with Crippen molar-refractivity contribution < 1.29 is 4.74 Å². The molecule has 2 aromatic carbocycles. The number of ether oxygens (including phenoxy) is 1. The van der Waals surface area contributed by atoms with Crippen LogP contribution in [0, 0.1) is 11.3 Å². The van der Waals surface area contributed by atoms with Gasteiger partial charge in [0.1, 0.15) is 12.4 Å². The van der Waals surface area contributed by atoms with Crippen LogP contribution in [0.25, 0.3) is 0 Å². The zero-order valence-corrected chi connectivity index (χ0v) is 13.5. The van der Waals surface area contributed by atoms with Gasteiger partial charge in [-0.2, -0.15) is 5.26 Å². The molecule has 108 valence electrons. The second-order valence-electron chi connectivity index (χ2n) is 4.63. The number of nitrogens with zero attached hydrogens (tertiary/aromatic N) is 1. The Morgan fingerprint density at radius 1 is 1.19 bits per heavy atom. The van der Waals surface area contributed by atoms with Gasteiger partial charge in [-0.25, -0.2) is 0 Å². The maximum absolute atomic E-state index is 8.77. The van der Waals surface area contributed by atoms with Crippen LogP contribution in [0.1, 0.15) is 23.6 Å². The van der Waals surface area contributed by atoms with Crippen LogP contribution in [0.3, 0.4) is 0 Å².